The Bertz CT molecular complexity index is 895. The molecule has 0 bridgehead atoms. The van der Waals surface area contributed by atoms with Crippen molar-refractivity contribution in [3.05, 3.63) is 58.0 Å². The number of phenols is 1. The average Bonchev–Trinajstić information content (AvgIpc) is 3.05. The van der Waals surface area contributed by atoms with Crippen molar-refractivity contribution in [1.29, 1.82) is 0 Å². The fraction of sp³-hybridized carbons (Fsp3) is 0.333. The van der Waals surface area contributed by atoms with Crippen molar-refractivity contribution in [3.63, 3.8) is 0 Å². The Labute approximate surface area is 134 Å². The molecule has 0 spiro atoms. The highest BCUT2D eigenvalue weighted by molar-refractivity contribution is 5.82. The Balaban J connectivity index is 2.01. The van der Waals surface area contributed by atoms with Crippen molar-refractivity contribution in [1.82, 2.24) is 9.55 Å². The van der Waals surface area contributed by atoms with Crippen LogP contribution in [-0.2, 0) is 6.54 Å². The molecule has 5 nitrogen and oxygen atoms in total. The lowest BCUT2D eigenvalue weighted by Crippen LogP contribution is -2.12. The van der Waals surface area contributed by atoms with E-state index in [0.717, 1.165) is 13.0 Å². The quantitative estimate of drug-likeness (QED) is 0.800. The third-order valence-corrected chi connectivity index (χ3v) is 4.37. The van der Waals surface area contributed by atoms with E-state index in [0.29, 0.717) is 27.9 Å². The number of benzene rings is 1. The second kappa shape index (κ2) is 5.91. The maximum absolute atomic E-state index is 12.6. The van der Waals surface area contributed by atoms with Crippen LogP contribution >= 0.6 is 0 Å². The Morgan fingerprint density at radius 2 is 2.09 bits per heavy atom. The lowest BCUT2D eigenvalue weighted by molar-refractivity contribution is 0.446. The number of nitrogens with zero attached hydrogens (tertiary/aromatic N) is 2. The molecule has 0 unspecified atom stereocenters. The molecule has 1 N–H and O–H groups in total. The number of aromatic hydroxyl groups is 1. The molecule has 0 saturated heterocycles. The topological polar surface area (TPSA) is 68.3 Å². The van der Waals surface area contributed by atoms with Crippen LogP contribution in [0.3, 0.4) is 0 Å². The molecular weight excluding hydrogens is 292 g/mol. The summed E-state index contributed by atoms with van der Waals surface area (Å²) < 4.78 is 8.03. The Morgan fingerprint density at radius 1 is 1.30 bits per heavy atom. The molecule has 0 amide bonds. The minimum absolute atomic E-state index is 0.0289. The zero-order valence-corrected chi connectivity index (χ0v) is 13.5. The predicted molar refractivity (Wildman–Crippen MR) is 88.9 cm³/mol. The van der Waals surface area contributed by atoms with E-state index in [1.807, 2.05) is 17.7 Å². The highest BCUT2D eigenvalue weighted by Gasteiger charge is 2.18. The van der Waals surface area contributed by atoms with Crippen LogP contribution in [-0.4, -0.2) is 14.7 Å². The molecule has 0 fully saturated rings. The monoisotopic (exact) mass is 312 g/mol. The van der Waals surface area contributed by atoms with Gasteiger partial charge >= 0.3 is 0 Å². The SMILES string of the molecule is Cc1c([C@@H](C)CCn2ccnc2)oc2c(C)c(O)ccc2c1=O. The van der Waals surface area contributed by atoms with Crippen LogP contribution in [0.4, 0.5) is 0 Å². The highest BCUT2D eigenvalue weighted by Crippen LogP contribution is 2.30. The van der Waals surface area contributed by atoms with E-state index in [1.54, 1.807) is 32.4 Å². The number of hydrogen-bond donors (Lipinski definition) is 1. The maximum atomic E-state index is 12.6. The summed E-state index contributed by atoms with van der Waals surface area (Å²) in [5, 5.41) is 10.4. The van der Waals surface area contributed by atoms with Crippen LogP contribution in [0.15, 0.2) is 40.1 Å². The van der Waals surface area contributed by atoms with Gasteiger partial charge in [-0.1, -0.05) is 6.92 Å². The Hall–Kier alpha value is -2.56. The van der Waals surface area contributed by atoms with Gasteiger partial charge in [0.25, 0.3) is 0 Å². The van der Waals surface area contributed by atoms with E-state index in [9.17, 15) is 9.90 Å². The first kappa shape index (κ1) is 15.3. The second-order valence-corrected chi connectivity index (χ2v) is 6.00. The predicted octanol–water partition coefficient (Wildman–Crippen LogP) is 3.51. The molecule has 23 heavy (non-hydrogen) atoms. The van der Waals surface area contributed by atoms with Crippen molar-refractivity contribution in [3.8, 4) is 5.75 Å². The smallest absolute Gasteiger partial charge is 0.195 e. The first-order valence-corrected chi connectivity index (χ1v) is 7.70. The van der Waals surface area contributed by atoms with Crippen molar-refractivity contribution >= 4 is 11.0 Å². The number of rotatable bonds is 4. The summed E-state index contributed by atoms with van der Waals surface area (Å²) in [5.41, 5.74) is 1.69. The van der Waals surface area contributed by atoms with E-state index < -0.39 is 0 Å². The van der Waals surface area contributed by atoms with Crippen LogP contribution in [0.2, 0.25) is 0 Å². The second-order valence-electron chi connectivity index (χ2n) is 6.00. The maximum Gasteiger partial charge on any atom is 0.195 e. The first-order valence-electron chi connectivity index (χ1n) is 7.70. The van der Waals surface area contributed by atoms with E-state index >= 15 is 0 Å². The lowest BCUT2D eigenvalue weighted by Gasteiger charge is -2.15. The Kier molecular flexibility index (Phi) is 3.94. The van der Waals surface area contributed by atoms with Gasteiger partial charge in [0.05, 0.1) is 11.7 Å². The summed E-state index contributed by atoms with van der Waals surface area (Å²) in [4.78, 5) is 16.6. The molecule has 0 aliphatic carbocycles. The van der Waals surface area contributed by atoms with E-state index in [1.165, 1.54) is 6.07 Å². The molecule has 5 heteroatoms. The van der Waals surface area contributed by atoms with Crippen molar-refractivity contribution in [2.45, 2.75) is 39.7 Å². The summed E-state index contributed by atoms with van der Waals surface area (Å²) in [6.07, 6.45) is 6.28. The molecule has 3 rings (SSSR count). The lowest BCUT2D eigenvalue weighted by atomic mass is 9.98. The minimum atomic E-state index is -0.0289. The fourth-order valence-corrected chi connectivity index (χ4v) is 2.86. The molecule has 0 radical (unpaired) electrons. The molecule has 2 heterocycles. The molecule has 0 saturated carbocycles. The van der Waals surface area contributed by atoms with Gasteiger partial charge in [-0.05, 0) is 32.4 Å². The molecule has 1 atom stereocenters. The van der Waals surface area contributed by atoms with Crippen LogP contribution in [0.1, 0.15) is 36.1 Å². The molecule has 2 aromatic heterocycles. The molecule has 0 aliphatic rings. The highest BCUT2D eigenvalue weighted by atomic mass is 16.3. The number of imidazole rings is 1. The molecule has 1 aromatic carbocycles. The largest absolute Gasteiger partial charge is 0.508 e. The number of aryl methyl sites for hydroxylation is 2. The number of aromatic nitrogens is 2. The summed E-state index contributed by atoms with van der Waals surface area (Å²) >= 11 is 0. The summed E-state index contributed by atoms with van der Waals surface area (Å²) in [6.45, 7) is 6.42. The zero-order chi connectivity index (χ0) is 16.6. The van der Waals surface area contributed by atoms with Gasteiger partial charge in [-0.3, -0.25) is 4.79 Å². The number of fused-ring (bicyclic) bond motifs is 1. The Morgan fingerprint density at radius 3 is 2.78 bits per heavy atom. The zero-order valence-electron chi connectivity index (χ0n) is 13.5. The molecule has 120 valence electrons. The standard InChI is InChI=1S/C18H20N2O3/c1-11(6-8-20-9-7-19-10-20)17-13(3)16(22)14-4-5-15(21)12(2)18(14)23-17/h4-5,7,9-11,21H,6,8H2,1-3H3/t11-/m0/s1. The normalized spacial score (nSPS) is 12.7. The third kappa shape index (κ3) is 2.74. The van der Waals surface area contributed by atoms with Gasteiger partial charge in [0, 0.05) is 36.0 Å². The van der Waals surface area contributed by atoms with Gasteiger partial charge < -0.3 is 14.1 Å². The third-order valence-electron chi connectivity index (χ3n) is 4.37. The van der Waals surface area contributed by atoms with Gasteiger partial charge in [-0.25, -0.2) is 4.98 Å². The molecular formula is C18H20N2O3. The van der Waals surface area contributed by atoms with Crippen molar-refractivity contribution in [2.75, 3.05) is 0 Å². The van der Waals surface area contributed by atoms with Crippen LogP contribution < -0.4 is 5.43 Å². The van der Waals surface area contributed by atoms with Crippen molar-refractivity contribution in [2.24, 2.45) is 0 Å². The van der Waals surface area contributed by atoms with Gasteiger partial charge in [0.1, 0.15) is 17.1 Å². The number of phenolic OH excluding ortho intramolecular Hbond substituents is 1. The summed E-state index contributed by atoms with van der Waals surface area (Å²) in [7, 11) is 0. The molecule has 3 aromatic rings. The van der Waals surface area contributed by atoms with Crippen LogP contribution in [0, 0.1) is 13.8 Å². The minimum Gasteiger partial charge on any atom is -0.508 e. The van der Waals surface area contributed by atoms with Gasteiger partial charge in [0.2, 0.25) is 0 Å². The molecule has 0 aliphatic heterocycles. The summed E-state index contributed by atoms with van der Waals surface area (Å²) in [5.74, 6) is 0.925. The fourth-order valence-electron chi connectivity index (χ4n) is 2.86. The number of hydrogen-bond acceptors (Lipinski definition) is 4. The van der Waals surface area contributed by atoms with Crippen LogP contribution in [0.5, 0.6) is 5.75 Å². The first-order chi connectivity index (χ1) is 11.0. The van der Waals surface area contributed by atoms with E-state index in [4.69, 9.17) is 4.42 Å². The van der Waals surface area contributed by atoms with Crippen LogP contribution in [0.25, 0.3) is 11.0 Å². The summed E-state index contributed by atoms with van der Waals surface area (Å²) in [6, 6.07) is 3.16. The van der Waals surface area contributed by atoms with Gasteiger partial charge in [0.15, 0.2) is 5.43 Å². The van der Waals surface area contributed by atoms with E-state index in [-0.39, 0.29) is 17.1 Å². The average molecular weight is 312 g/mol. The van der Waals surface area contributed by atoms with Gasteiger partial charge in [-0.15, -0.1) is 0 Å². The van der Waals surface area contributed by atoms with Crippen molar-refractivity contribution < 1.29 is 9.52 Å². The van der Waals surface area contributed by atoms with E-state index in [2.05, 4.69) is 4.98 Å². The van der Waals surface area contributed by atoms with Gasteiger partial charge in [-0.2, -0.15) is 0 Å².